The third-order valence-corrected chi connectivity index (χ3v) is 12.3. The Morgan fingerprint density at radius 3 is 1.16 bits per heavy atom. The average Bonchev–Trinajstić information content (AvgIpc) is 3.32. The predicted molar refractivity (Wildman–Crippen MR) is 279 cm³/mol. The highest BCUT2D eigenvalue weighted by atomic mass is 31.2. The van der Waals surface area contributed by atoms with Crippen molar-refractivity contribution in [3.8, 4) is 0 Å². The van der Waals surface area contributed by atoms with E-state index in [9.17, 15) is 28.9 Å². The summed E-state index contributed by atoms with van der Waals surface area (Å²) in [6.07, 6.45) is 53.3. The Morgan fingerprint density at radius 1 is 0.412 bits per heavy atom. The molecule has 3 unspecified atom stereocenters. The number of aliphatic hydroxyl groups excluding tert-OH is 1. The molecular weight excluding hydrogens is 880 g/mol. The van der Waals surface area contributed by atoms with Crippen LogP contribution < -0.4 is 0 Å². The number of carbonyl (C=O) groups excluding carboxylic acids is 3. The molecule has 0 aromatic heterocycles. The number of ether oxygens (including phenoxy) is 3. The molecule has 2 N–H and O–H groups in total. The summed E-state index contributed by atoms with van der Waals surface area (Å²) in [6.45, 7) is 4.50. The van der Waals surface area contributed by atoms with Crippen molar-refractivity contribution < 1.29 is 52.2 Å². The van der Waals surface area contributed by atoms with Gasteiger partial charge in [-0.1, -0.05) is 184 Å². The molecule has 0 saturated heterocycles. The number of carbonyl (C=O) groups is 3. The van der Waals surface area contributed by atoms with Crippen LogP contribution in [-0.2, 0) is 42.2 Å². The van der Waals surface area contributed by atoms with E-state index in [0.29, 0.717) is 19.3 Å². The van der Waals surface area contributed by atoms with Gasteiger partial charge in [-0.15, -0.1) is 0 Å². The van der Waals surface area contributed by atoms with Gasteiger partial charge in [0, 0.05) is 19.3 Å². The number of unbranched alkanes of at least 4 members (excludes halogenated alkanes) is 23. The molecule has 12 heteroatoms. The van der Waals surface area contributed by atoms with Crippen molar-refractivity contribution in [1.82, 2.24) is 0 Å². The molecule has 0 rings (SSSR count). The van der Waals surface area contributed by atoms with Crippen molar-refractivity contribution in [3.05, 3.63) is 60.8 Å². The van der Waals surface area contributed by atoms with Crippen LogP contribution >= 0.6 is 7.82 Å². The molecular formula is C56H99O11P. The SMILES string of the molecule is CCCC/C=C\CCCCCCCC(=O)OC(CO)COP(=O)(O)OCC(COC(=O)CCCCCCCC/C=C\C/C=C\C/C=C\CCCCC)OC(=O)CCCCCCC/C=C\CCCC. The maximum absolute atomic E-state index is 12.8. The lowest BCUT2D eigenvalue weighted by Gasteiger charge is -2.21. The Hall–Kier alpha value is -2.82. The molecule has 0 aliphatic rings. The Bertz CT molecular complexity index is 1370. The first-order valence-corrected chi connectivity index (χ1v) is 28.7. The zero-order chi connectivity index (χ0) is 49.9. The summed E-state index contributed by atoms with van der Waals surface area (Å²) in [5.41, 5.74) is 0. The molecule has 0 radical (unpaired) electrons. The van der Waals surface area contributed by atoms with E-state index in [1.54, 1.807) is 0 Å². The summed E-state index contributed by atoms with van der Waals surface area (Å²) in [5.74, 6) is -1.50. The standard InChI is InChI=1S/C56H99O11P/c1-4-7-10-13-16-19-22-23-24-25-26-27-28-29-32-33-36-39-42-45-54(58)63-49-53(67-56(60)47-44-41-38-35-31-21-18-15-12-9-6-3)51-65-68(61,62)64-50-52(48-57)66-55(59)46-43-40-37-34-30-20-17-14-11-8-5-2/h14-19,23-24,26-27,52-53,57H,4-13,20-22,25,28-51H2,1-3H3,(H,61,62)/b17-14-,18-15-,19-16-,24-23-,27-26-. The molecule has 0 aromatic rings. The second kappa shape index (κ2) is 50.6. The fraction of sp³-hybridized carbons (Fsp3) is 0.768. The quantitative estimate of drug-likeness (QED) is 0.0197. The molecule has 0 aliphatic carbocycles. The normalized spacial score (nSPS) is 13.9. The molecule has 0 amide bonds. The third kappa shape index (κ3) is 48.2. The van der Waals surface area contributed by atoms with Crippen molar-refractivity contribution in [2.75, 3.05) is 26.4 Å². The van der Waals surface area contributed by atoms with Crippen LogP contribution in [0.25, 0.3) is 0 Å². The van der Waals surface area contributed by atoms with Crippen molar-refractivity contribution >= 4 is 25.7 Å². The van der Waals surface area contributed by atoms with Gasteiger partial charge >= 0.3 is 25.7 Å². The second-order valence-electron chi connectivity index (χ2n) is 18.0. The van der Waals surface area contributed by atoms with Gasteiger partial charge in [0.1, 0.15) is 12.7 Å². The maximum atomic E-state index is 12.8. The summed E-state index contributed by atoms with van der Waals surface area (Å²) < 4.78 is 39.3. The Balaban J connectivity index is 4.71. The van der Waals surface area contributed by atoms with Gasteiger partial charge in [0.25, 0.3) is 0 Å². The van der Waals surface area contributed by atoms with E-state index in [-0.39, 0.29) is 25.9 Å². The smallest absolute Gasteiger partial charge is 0.462 e. The molecule has 0 bridgehead atoms. The molecule has 394 valence electrons. The number of esters is 3. The number of rotatable bonds is 50. The molecule has 0 fully saturated rings. The molecule has 0 heterocycles. The molecule has 0 saturated carbocycles. The molecule has 0 spiro atoms. The van der Waals surface area contributed by atoms with Crippen LogP contribution in [0.4, 0.5) is 0 Å². The fourth-order valence-corrected chi connectivity index (χ4v) is 7.93. The van der Waals surface area contributed by atoms with Crippen molar-refractivity contribution in [3.63, 3.8) is 0 Å². The first-order valence-electron chi connectivity index (χ1n) is 27.2. The van der Waals surface area contributed by atoms with E-state index < -0.39 is 57.8 Å². The monoisotopic (exact) mass is 979 g/mol. The summed E-state index contributed by atoms with van der Waals surface area (Å²) >= 11 is 0. The minimum Gasteiger partial charge on any atom is -0.462 e. The first-order chi connectivity index (χ1) is 33.2. The second-order valence-corrected chi connectivity index (χ2v) is 19.5. The molecule has 11 nitrogen and oxygen atoms in total. The van der Waals surface area contributed by atoms with Crippen LogP contribution in [0, 0.1) is 0 Å². The van der Waals surface area contributed by atoms with Gasteiger partial charge < -0.3 is 24.2 Å². The van der Waals surface area contributed by atoms with Crippen LogP contribution in [0.2, 0.25) is 0 Å². The van der Waals surface area contributed by atoms with Crippen molar-refractivity contribution in [2.24, 2.45) is 0 Å². The number of hydrogen-bond donors (Lipinski definition) is 2. The van der Waals surface area contributed by atoms with Crippen molar-refractivity contribution in [1.29, 1.82) is 0 Å². The number of hydrogen-bond acceptors (Lipinski definition) is 10. The number of allylic oxidation sites excluding steroid dienone is 10. The summed E-state index contributed by atoms with van der Waals surface area (Å²) in [7, 11) is -4.75. The van der Waals surface area contributed by atoms with Gasteiger partial charge in [0.15, 0.2) is 6.10 Å². The van der Waals surface area contributed by atoms with Crippen LogP contribution in [0.15, 0.2) is 60.8 Å². The molecule has 68 heavy (non-hydrogen) atoms. The summed E-state index contributed by atoms with van der Waals surface area (Å²) in [6, 6.07) is 0. The largest absolute Gasteiger partial charge is 0.472 e. The molecule has 0 aliphatic heterocycles. The van der Waals surface area contributed by atoms with E-state index in [4.69, 9.17) is 23.3 Å². The third-order valence-electron chi connectivity index (χ3n) is 11.4. The highest BCUT2D eigenvalue weighted by Gasteiger charge is 2.28. The zero-order valence-corrected chi connectivity index (χ0v) is 44.2. The van der Waals surface area contributed by atoms with Crippen LogP contribution in [0.5, 0.6) is 0 Å². The van der Waals surface area contributed by atoms with Crippen LogP contribution in [0.3, 0.4) is 0 Å². The topological polar surface area (TPSA) is 155 Å². The van der Waals surface area contributed by atoms with Gasteiger partial charge in [-0.05, 0) is 96.3 Å². The van der Waals surface area contributed by atoms with Crippen LogP contribution in [0.1, 0.15) is 239 Å². The van der Waals surface area contributed by atoms with Gasteiger partial charge in [-0.2, -0.15) is 0 Å². The average molecular weight is 979 g/mol. The fourth-order valence-electron chi connectivity index (χ4n) is 7.15. The minimum atomic E-state index is -4.75. The maximum Gasteiger partial charge on any atom is 0.472 e. The first kappa shape index (κ1) is 65.2. The minimum absolute atomic E-state index is 0.153. The number of phosphoric ester groups is 1. The van der Waals surface area contributed by atoms with Gasteiger partial charge in [0.2, 0.25) is 0 Å². The van der Waals surface area contributed by atoms with E-state index in [1.807, 2.05) is 0 Å². The van der Waals surface area contributed by atoms with Crippen molar-refractivity contribution in [2.45, 2.75) is 251 Å². The molecule has 3 atom stereocenters. The van der Waals surface area contributed by atoms with Gasteiger partial charge in [0.05, 0.1) is 19.8 Å². The van der Waals surface area contributed by atoms with Gasteiger partial charge in [-0.3, -0.25) is 23.4 Å². The highest BCUT2D eigenvalue weighted by Crippen LogP contribution is 2.43. The lowest BCUT2D eigenvalue weighted by molar-refractivity contribution is -0.161. The predicted octanol–water partition coefficient (Wildman–Crippen LogP) is 15.6. The number of aliphatic hydroxyl groups is 1. The Labute approximate surface area is 415 Å². The van der Waals surface area contributed by atoms with Gasteiger partial charge in [-0.25, -0.2) is 4.57 Å². The Kier molecular flexibility index (Phi) is 48.5. The Morgan fingerprint density at radius 2 is 0.735 bits per heavy atom. The van der Waals surface area contributed by atoms with Crippen LogP contribution in [-0.4, -0.2) is 66.5 Å². The summed E-state index contributed by atoms with van der Waals surface area (Å²) in [4.78, 5) is 48.3. The van der Waals surface area contributed by atoms with E-state index in [2.05, 4.69) is 81.5 Å². The van der Waals surface area contributed by atoms with E-state index >= 15 is 0 Å². The number of phosphoric acid groups is 1. The lowest BCUT2D eigenvalue weighted by Crippen LogP contribution is -2.30. The van der Waals surface area contributed by atoms with E-state index in [0.717, 1.165) is 128 Å². The highest BCUT2D eigenvalue weighted by molar-refractivity contribution is 7.47. The summed E-state index contributed by atoms with van der Waals surface area (Å²) in [5, 5.41) is 9.76. The van der Waals surface area contributed by atoms with E-state index in [1.165, 1.54) is 51.4 Å². The zero-order valence-electron chi connectivity index (χ0n) is 43.3. The lowest BCUT2D eigenvalue weighted by atomic mass is 10.1. The molecule has 0 aromatic carbocycles.